The van der Waals surface area contributed by atoms with Crippen LogP contribution < -0.4 is 20.7 Å². The summed E-state index contributed by atoms with van der Waals surface area (Å²) in [6.45, 7) is 7.63. The maximum atomic E-state index is 11.8. The first-order chi connectivity index (χ1) is 11.8. The molecule has 7 nitrogen and oxygen atoms in total. The Morgan fingerprint density at radius 2 is 1.92 bits per heavy atom. The van der Waals surface area contributed by atoms with E-state index in [2.05, 4.69) is 20.9 Å². The number of carbonyl (C=O) groups is 1. The van der Waals surface area contributed by atoms with Crippen molar-refractivity contribution in [1.29, 1.82) is 0 Å². The standard InChI is InChI=1S/C18H30N4O3.HI/c1-18(2,3)22-16(23)13-21-17(19-4)20-12-14-7-6-8-15(11-14)25-10-9-24-5;/h6-8,11H,9-10,12-13H2,1-5H3,(H,22,23)(H2,19,20,21);1H. The van der Waals surface area contributed by atoms with E-state index in [1.165, 1.54) is 0 Å². The van der Waals surface area contributed by atoms with E-state index in [0.717, 1.165) is 11.3 Å². The van der Waals surface area contributed by atoms with Gasteiger partial charge in [-0.05, 0) is 38.5 Å². The van der Waals surface area contributed by atoms with Crippen molar-refractivity contribution < 1.29 is 14.3 Å². The van der Waals surface area contributed by atoms with Crippen molar-refractivity contribution in [2.24, 2.45) is 4.99 Å². The van der Waals surface area contributed by atoms with E-state index in [4.69, 9.17) is 9.47 Å². The van der Waals surface area contributed by atoms with Crippen LogP contribution in [0, 0.1) is 0 Å². The van der Waals surface area contributed by atoms with Gasteiger partial charge in [0.05, 0.1) is 13.2 Å². The molecule has 1 aromatic carbocycles. The minimum Gasteiger partial charge on any atom is -0.491 e. The SMILES string of the molecule is CN=C(NCC(=O)NC(C)(C)C)NCc1cccc(OCCOC)c1.I. The van der Waals surface area contributed by atoms with Crippen LogP contribution in [0.2, 0.25) is 0 Å². The lowest BCUT2D eigenvalue weighted by Gasteiger charge is -2.21. The first-order valence-corrected chi connectivity index (χ1v) is 8.30. The lowest BCUT2D eigenvalue weighted by atomic mass is 10.1. The number of aliphatic imine (C=N–C) groups is 1. The number of nitrogens with zero attached hydrogens (tertiary/aromatic N) is 1. The van der Waals surface area contributed by atoms with Crippen LogP contribution in [-0.4, -0.2) is 51.3 Å². The molecule has 0 unspecified atom stereocenters. The Morgan fingerprint density at radius 3 is 2.54 bits per heavy atom. The maximum absolute atomic E-state index is 11.8. The van der Waals surface area contributed by atoms with E-state index in [0.29, 0.717) is 25.7 Å². The number of halogens is 1. The van der Waals surface area contributed by atoms with Gasteiger partial charge in [0.1, 0.15) is 12.4 Å². The molecule has 0 saturated heterocycles. The molecular formula is C18H31IN4O3. The topological polar surface area (TPSA) is 84.0 Å². The maximum Gasteiger partial charge on any atom is 0.239 e. The zero-order chi connectivity index (χ0) is 18.7. The molecule has 0 radical (unpaired) electrons. The predicted octanol–water partition coefficient (Wildman–Crippen LogP) is 1.91. The Kier molecular flexibility index (Phi) is 12.0. The zero-order valence-electron chi connectivity index (χ0n) is 16.2. The molecule has 0 fully saturated rings. The molecule has 3 N–H and O–H groups in total. The minimum absolute atomic E-state index is 0. The summed E-state index contributed by atoms with van der Waals surface area (Å²) in [5.74, 6) is 1.28. The quantitative estimate of drug-likeness (QED) is 0.230. The van der Waals surface area contributed by atoms with Crippen LogP contribution in [0.15, 0.2) is 29.3 Å². The van der Waals surface area contributed by atoms with E-state index in [9.17, 15) is 4.79 Å². The highest BCUT2D eigenvalue weighted by Crippen LogP contribution is 2.13. The Morgan fingerprint density at radius 1 is 1.19 bits per heavy atom. The fraction of sp³-hybridized carbons (Fsp3) is 0.556. The summed E-state index contributed by atoms with van der Waals surface area (Å²) in [5.41, 5.74) is 0.802. The van der Waals surface area contributed by atoms with E-state index in [1.54, 1.807) is 14.2 Å². The largest absolute Gasteiger partial charge is 0.491 e. The van der Waals surface area contributed by atoms with Crippen LogP contribution in [0.25, 0.3) is 0 Å². The van der Waals surface area contributed by atoms with Crippen molar-refractivity contribution in [1.82, 2.24) is 16.0 Å². The molecule has 148 valence electrons. The number of hydrogen-bond donors (Lipinski definition) is 3. The van der Waals surface area contributed by atoms with Crippen molar-refractivity contribution in [3.05, 3.63) is 29.8 Å². The predicted molar refractivity (Wildman–Crippen MR) is 115 cm³/mol. The number of rotatable bonds is 8. The number of carbonyl (C=O) groups excluding carboxylic acids is 1. The summed E-state index contributed by atoms with van der Waals surface area (Å²) in [7, 11) is 3.31. The third kappa shape index (κ3) is 11.1. The summed E-state index contributed by atoms with van der Waals surface area (Å²) < 4.78 is 10.6. The second-order valence-corrected chi connectivity index (χ2v) is 6.57. The number of ether oxygens (including phenoxy) is 2. The molecule has 1 rings (SSSR count). The van der Waals surface area contributed by atoms with Crippen LogP contribution in [0.4, 0.5) is 0 Å². The summed E-state index contributed by atoms with van der Waals surface area (Å²) in [6, 6.07) is 7.80. The molecule has 0 aliphatic carbocycles. The van der Waals surface area contributed by atoms with Crippen LogP contribution in [0.3, 0.4) is 0 Å². The Hall–Kier alpha value is -1.55. The number of nitrogens with one attached hydrogen (secondary N) is 3. The van der Waals surface area contributed by atoms with Gasteiger partial charge < -0.3 is 25.4 Å². The molecule has 0 aromatic heterocycles. The Bertz CT molecular complexity index is 574. The molecule has 0 saturated carbocycles. The molecule has 8 heteroatoms. The van der Waals surface area contributed by atoms with Gasteiger partial charge in [0.15, 0.2) is 5.96 Å². The molecule has 1 aromatic rings. The van der Waals surface area contributed by atoms with Crippen LogP contribution in [-0.2, 0) is 16.1 Å². The molecule has 0 aliphatic heterocycles. The first-order valence-electron chi connectivity index (χ1n) is 8.30. The Labute approximate surface area is 173 Å². The highest BCUT2D eigenvalue weighted by Gasteiger charge is 2.13. The average molecular weight is 478 g/mol. The third-order valence-electron chi connectivity index (χ3n) is 3.07. The summed E-state index contributed by atoms with van der Waals surface area (Å²) in [4.78, 5) is 16.0. The first kappa shape index (κ1) is 24.5. The number of guanidine groups is 1. The van der Waals surface area contributed by atoms with E-state index < -0.39 is 0 Å². The summed E-state index contributed by atoms with van der Waals surface area (Å²) >= 11 is 0. The van der Waals surface area contributed by atoms with Gasteiger partial charge in [-0.1, -0.05) is 12.1 Å². The lowest BCUT2D eigenvalue weighted by Crippen LogP contribution is -2.48. The van der Waals surface area contributed by atoms with E-state index in [1.807, 2.05) is 45.0 Å². The molecule has 0 bridgehead atoms. The highest BCUT2D eigenvalue weighted by atomic mass is 127. The number of benzene rings is 1. The average Bonchev–Trinajstić information content (AvgIpc) is 2.54. The lowest BCUT2D eigenvalue weighted by molar-refractivity contribution is -0.121. The van der Waals surface area contributed by atoms with Gasteiger partial charge in [-0.3, -0.25) is 9.79 Å². The fourth-order valence-electron chi connectivity index (χ4n) is 2.02. The van der Waals surface area contributed by atoms with Gasteiger partial charge in [-0.15, -0.1) is 24.0 Å². The number of amides is 1. The van der Waals surface area contributed by atoms with Crippen LogP contribution in [0.1, 0.15) is 26.3 Å². The molecule has 0 spiro atoms. The van der Waals surface area contributed by atoms with Crippen molar-refractivity contribution in [3.63, 3.8) is 0 Å². The van der Waals surface area contributed by atoms with Crippen LogP contribution >= 0.6 is 24.0 Å². The second-order valence-electron chi connectivity index (χ2n) is 6.57. The van der Waals surface area contributed by atoms with Gasteiger partial charge in [0.25, 0.3) is 0 Å². The number of methoxy groups -OCH3 is 1. The Balaban J connectivity index is 0.00000625. The summed E-state index contributed by atoms with van der Waals surface area (Å²) in [5, 5.41) is 9.07. The van der Waals surface area contributed by atoms with Crippen LogP contribution in [0.5, 0.6) is 5.75 Å². The third-order valence-corrected chi connectivity index (χ3v) is 3.07. The monoisotopic (exact) mass is 478 g/mol. The molecule has 0 aliphatic rings. The highest BCUT2D eigenvalue weighted by molar-refractivity contribution is 14.0. The van der Waals surface area contributed by atoms with Gasteiger partial charge in [-0.2, -0.15) is 0 Å². The zero-order valence-corrected chi connectivity index (χ0v) is 18.5. The molecule has 26 heavy (non-hydrogen) atoms. The van der Waals surface area contributed by atoms with Crippen molar-refractivity contribution >= 4 is 35.8 Å². The summed E-state index contributed by atoms with van der Waals surface area (Å²) in [6.07, 6.45) is 0. The van der Waals surface area contributed by atoms with Gasteiger partial charge >= 0.3 is 0 Å². The molecule has 0 atom stereocenters. The molecular weight excluding hydrogens is 447 g/mol. The van der Waals surface area contributed by atoms with Crippen molar-refractivity contribution in [2.75, 3.05) is 33.9 Å². The van der Waals surface area contributed by atoms with Gasteiger partial charge in [-0.25, -0.2) is 0 Å². The van der Waals surface area contributed by atoms with E-state index in [-0.39, 0.29) is 42.0 Å². The van der Waals surface area contributed by atoms with E-state index >= 15 is 0 Å². The number of hydrogen-bond acceptors (Lipinski definition) is 4. The second kappa shape index (κ2) is 12.7. The van der Waals surface area contributed by atoms with Crippen molar-refractivity contribution in [3.8, 4) is 5.75 Å². The normalized spacial score (nSPS) is 11.3. The van der Waals surface area contributed by atoms with Gasteiger partial charge in [0, 0.05) is 26.2 Å². The molecule has 0 heterocycles. The molecule has 1 amide bonds. The van der Waals surface area contributed by atoms with Gasteiger partial charge in [0.2, 0.25) is 5.91 Å². The minimum atomic E-state index is -0.251. The smallest absolute Gasteiger partial charge is 0.239 e. The fourth-order valence-corrected chi connectivity index (χ4v) is 2.02. The van der Waals surface area contributed by atoms with Crippen molar-refractivity contribution in [2.45, 2.75) is 32.9 Å².